The predicted octanol–water partition coefficient (Wildman–Crippen LogP) is 4.25. The minimum absolute atomic E-state index is 0.300. The van der Waals surface area contributed by atoms with Gasteiger partial charge in [0.05, 0.1) is 18.2 Å². The van der Waals surface area contributed by atoms with Crippen molar-refractivity contribution in [2.45, 2.75) is 6.61 Å². The fourth-order valence-electron chi connectivity index (χ4n) is 2.20. The third kappa shape index (κ3) is 3.43. The van der Waals surface area contributed by atoms with Crippen LogP contribution >= 0.6 is 11.6 Å². The molecule has 2 aromatic carbocycles. The monoisotopic (exact) mass is 327 g/mol. The molecule has 0 saturated carbocycles. The van der Waals surface area contributed by atoms with Crippen molar-refractivity contribution in [1.29, 1.82) is 0 Å². The molecule has 0 spiro atoms. The first-order chi connectivity index (χ1) is 11.2. The van der Waals surface area contributed by atoms with Crippen LogP contribution in [0.1, 0.15) is 15.9 Å². The molecular formula is C18H14ClNO3. The lowest BCUT2D eigenvalue weighted by Crippen LogP contribution is -2.01. The average molecular weight is 328 g/mol. The topological polar surface area (TPSA) is 48.4 Å². The zero-order valence-corrected chi connectivity index (χ0v) is 13.2. The Bertz CT molecular complexity index is 847. The van der Waals surface area contributed by atoms with Gasteiger partial charge in [0.2, 0.25) is 0 Å². The summed E-state index contributed by atoms with van der Waals surface area (Å²) in [6.07, 6.45) is 0. The zero-order chi connectivity index (χ0) is 16.2. The summed E-state index contributed by atoms with van der Waals surface area (Å²) in [4.78, 5) is 15.7. The molecule has 0 unspecified atom stereocenters. The molecule has 0 radical (unpaired) electrons. The van der Waals surface area contributed by atoms with Gasteiger partial charge in [-0.25, -0.2) is 9.78 Å². The Morgan fingerprint density at radius 2 is 1.87 bits per heavy atom. The molecule has 116 valence electrons. The summed E-state index contributed by atoms with van der Waals surface area (Å²) in [5, 5.41) is 1.44. The maximum atomic E-state index is 11.4. The van der Waals surface area contributed by atoms with Gasteiger partial charge in [-0.1, -0.05) is 29.8 Å². The number of aromatic nitrogens is 1. The van der Waals surface area contributed by atoms with Crippen LogP contribution in [0.25, 0.3) is 10.9 Å². The van der Waals surface area contributed by atoms with E-state index < -0.39 is 0 Å². The van der Waals surface area contributed by atoms with E-state index in [0.29, 0.717) is 23.1 Å². The summed E-state index contributed by atoms with van der Waals surface area (Å²) < 4.78 is 10.4. The molecule has 0 bridgehead atoms. The van der Waals surface area contributed by atoms with E-state index >= 15 is 0 Å². The number of nitrogens with zero attached hydrogens (tertiary/aromatic N) is 1. The van der Waals surface area contributed by atoms with Crippen LogP contribution < -0.4 is 4.74 Å². The molecule has 0 saturated heterocycles. The number of ether oxygens (including phenoxy) is 2. The lowest BCUT2D eigenvalue weighted by molar-refractivity contribution is 0.0600. The predicted molar refractivity (Wildman–Crippen MR) is 88.9 cm³/mol. The van der Waals surface area contributed by atoms with Crippen molar-refractivity contribution in [1.82, 2.24) is 4.98 Å². The number of methoxy groups -OCH3 is 1. The van der Waals surface area contributed by atoms with Gasteiger partial charge in [-0.05, 0) is 36.4 Å². The first-order valence-corrected chi connectivity index (χ1v) is 7.40. The smallest absolute Gasteiger partial charge is 0.337 e. The molecule has 0 aliphatic heterocycles. The molecule has 4 nitrogen and oxygen atoms in total. The molecule has 0 fully saturated rings. The lowest BCUT2D eigenvalue weighted by atomic mass is 10.1. The van der Waals surface area contributed by atoms with Crippen LogP contribution in [0.4, 0.5) is 0 Å². The van der Waals surface area contributed by atoms with Gasteiger partial charge in [-0.2, -0.15) is 0 Å². The van der Waals surface area contributed by atoms with Gasteiger partial charge in [0.15, 0.2) is 0 Å². The van der Waals surface area contributed by atoms with Crippen LogP contribution in [-0.4, -0.2) is 18.1 Å². The Hall–Kier alpha value is -2.59. The molecule has 0 N–H and O–H groups in total. The maximum absolute atomic E-state index is 11.4. The first-order valence-electron chi connectivity index (χ1n) is 7.03. The first kappa shape index (κ1) is 15.3. The average Bonchev–Trinajstić information content (AvgIpc) is 2.59. The lowest BCUT2D eigenvalue weighted by Gasteiger charge is -2.09. The van der Waals surface area contributed by atoms with Crippen molar-refractivity contribution >= 4 is 28.5 Å². The van der Waals surface area contributed by atoms with Crippen molar-refractivity contribution in [3.05, 3.63) is 70.9 Å². The largest absolute Gasteiger partial charge is 0.489 e. The summed E-state index contributed by atoms with van der Waals surface area (Å²) in [6, 6.07) is 16.5. The minimum atomic E-state index is -0.377. The van der Waals surface area contributed by atoms with Gasteiger partial charge in [0.1, 0.15) is 17.5 Å². The van der Waals surface area contributed by atoms with Crippen LogP contribution in [-0.2, 0) is 11.3 Å². The third-order valence-corrected chi connectivity index (χ3v) is 3.75. The van der Waals surface area contributed by atoms with E-state index in [1.165, 1.54) is 7.11 Å². The number of esters is 1. The molecular weight excluding hydrogens is 314 g/mol. The quantitative estimate of drug-likeness (QED) is 0.531. The number of carbonyl (C=O) groups is 1. The minimum Gasteiger partial charge on any atom is -0.489 e. The molecule has 23 heavy (non-hydrogen) atoms. The number of pyridine rings is 1. The number of benzene rings is 2. The zero-order valence-electron chi connectivity index (χ0n) is 12.5. The van der Waals surface area contributed by atoms with E-state index in [2.05, 4.69) is 9.72 Å². The van der Waals surface area contributed by atoms with Crippen molar-refractivity contribution < 1.29 is 14.3 Å². The van der Waals surface area contributed by atoms with Crippen LogP contribution in [0.2, 0.25) is 5.15 Å². The van der Waals surface area contributed by atoms with Crippen molar-refractivity contribution in [2.75, 3.05) is 7.11 Å². The van der Waals surface area contributed by atoms with Crippen LogP contribution in [0.5, 0.6) is 5.75 Å². The number of carbonyl (C=O) groups excluding carboxylic acids is 1. The highest BCUT2D eigenvalue weighted by Crippen LogP contribution is 2.22. The van der Waals surface area contributed by atoms with E-state index in [4.69, 9.17) is 16.3 Å². The van der Waals surface area contributed by atoms with E-state index in [0.717, 1.165) is 16.5 Å². The summed E-state index contributed by atoms with van der Waals surface area (Å²) >= 11 is 6.20. The second kappa shape index (κ2) is 6.67. The van der Waals surface area contributed by atoms with Gasteiger partial charge in [-0.3, -0.25) is 0 Å². The van der Waals surface area contributed by atoms with Crippen LogP contribution in [0.15, 0.2) is 54.6 Å². The molecule has 1 heterocycles. The molecule has 3 rings (SSSR count). The van der Waals surface area contributed by atoms with Crippen molar-refractivity contribution in [3.63, 3.8) is 0 Å². The Morgan fingerprint density at radius 1 is 1.13 bits per heavy atom. The van der Waals surface area contributed by atoms with Gasteiger partial charge < -0.3 is 9.47 Å². The second-order valence-electron chi connectivity index (χ2n) is 4.94. The Morgan fingerprint density at radius 3 is 2.61 bits per heavy atom. The molecule has 5 heteroatoms. The summed E-state index contributed by atoms with van der Waals surface area (Å²) in [5.41, 5.74) is 2.14. The van der Waals surface area contributed by atoms with Gasteiger partial charge >= 0.3 is 5.97 Å². The molecule has 1 aromatic heterocycles. The van der Waals surface area contributed by atoms with Crippen LogP contribution in [0.3, 0.4) is 0 Å². The molecule has 0 amide bonds. The number of rotatable bonds is 4. The number of hydrogen-bond acceptors (Lipinski definition) is 4. The number of fused-ring (bicyclic) bond motifs is 1. The maximum Gasteiger partial charge on any atom is 0.337 e. The molecule has 0 aliphatic carbocycles. The third-order valence-electron chi connectivity index (χ3n) is 3.42. The second-order valence-corrected chi connectivity index (χ2v) is 5.29. The molecule has 0 atom stereocenters. The summed E-state index contributed by atoms with van der Waals surface area (Å²) in [5.74, 6) is 0.264. The van der Waals surface area contributed by atoms with Gasteiger partial charge in [-0.15, -0.1) is 0 Å². The van der Waals surface area contributed by atoms with Crippen molar-refractivity contribution in [2.24, 2.45) is 0 Å². The number of hydrogen-bond donors (Lipinski definition) is 0. The van der Waals surface area contributed by atoms with E-state index in [1.54, 1.807) is 24.3 Å². The summed E-state index contributed by atoms with van der Waals surface area (Å²) in [6.45, 7) is 0.300. The van der Waals surface area contributed by atoms with Gasteiger partial charge in [0.25, 0.3) is 0 Å². The molecule has 0 aliphatic rings. The normalized spacial score (nSPS) is 10.5. The fraction of sp³-hybridized carbons (Fsp3) is 0.111. The van der Waals surface area contributed by atoms with E-state index in [9.17, 15) is 4.79 Å². The Kier molecular flexibility index (Phi) is 4.44. The number of halogens is 1. The number of para-hydroxylation sites is 1. The highest BCUT2D eigenvalue weighted by molar-refractivity contribution is 6.30. The Balaban J connectivity index is 1.75. The Labute approximate surface area is 138 Å². The standard InChI is InChI=1S/C18H14ClNO3/c1-22-18(21)12-6-8-15(9-7-12)23-11-14-10-13-4-2-3-5-16(13)20-17(14)19/h2-10H,11H2,1H3. The van der Waals surface area contributed by atoms with E-state index in [-0.39, 0.29) is 5.97 Å². The van der Waals surface area contributed by atoms with Crippen molar-refractivity contribution in [3.8, 4) is 5.75 Å². The fourth-order valence-corrected chi connectivity index (χ4v) is 2.40. The highest BCUT2D eigenvalue weighted by atomic mass is 35.5. The van der Waals surface area contributed by atoms with E-state index in [1.807, 2.05) is 30.3 Å². The SMILES string of the molecule is COC(=O)c1ccc(OCc2cc3ccccc3nc2Cl)cc1. The van der Waals surface area contributed by atoms with Crippen LogP contribution in [0, 0.1) is 0 Å². The molecule has 3 aromatic rings. The van der Waals surface area contributed by atoms with Gasteiger partial charge in [0, 0.05) is 10.9 Å². The summed E-state index contributed by atoms with van der Waals surface area (Å²) in [7, 11) is 1.35. The highest BCUT2D eigenvalue weighted by Gasteiger charge is 2.07.